The third-order valence-corrected chi connectivity index (χ3v) is 3.34. The zero-order valence-corrected chi connectivity index (χ0v) is 12.8. The first kappa shape index (κ1) is 17.8. The van der Waals surface area contributed by atoms with E-state index in [9.17, 15) is 13.2 Å². The van der Waals surface area contributed by atoms with Gasteiger partial charge >= 0.3 is 6.18 Å². The van der Waals surface area contributed by atoms with Crippen molar-refractivity contribution in [1.29, 1.82) is 0 Å². The van der Waals surface area contributed by atoms with Crippen LogP contribution in [0, 0.1) is 0 Å². The van der Waals surface area contributed by atoms with E-state index in [-0.39, 0.29) is 6.04 Å². The van der Waals surface area contributed by atoms with Crippen molar-refractivity contribution < 1.29 is 13.2 Å². The highest BCUT2D eigenvalue weighted by Gasteiger charge is 2.30. The molecule has 4 heteroatoms. The second kappa shape index (κ2) is 8.23. The minimum Gasteiger partial charge on any atom is -0.314 e. The molecule has 0 amide bonds. The van der Waals surface area contributed by atoms with E-state index in [1.165, 1.54) is 12.1 Å². The number of allylic oxidation sites excluding steroid dienone is 1. The molecule has 1 N–H and O–H groups in total. The van der Waals surface area contributed by atoms with Crippen LogP contribution in [-0.2, 0) is 12.6 Å². The molecule has 0 saturated heterocycles. The van der Waals surface area contributed by atoms with Crippen molar-refractivity contribution in [1.82, 2.24) is 5.32 Å². The highest BCUT2D eigenvalue weighted by Crippen LogP contribution is 2.29. The summed E-state index contributed by atoms with van der Waals surface area (Å²) >= 11 is 0. The molecule has 0 heterocycles. The van der Waals surface area contributed by atoms with Gasteiger partial charge in [-0.2, -0.15) is 13.2 Å². The SMILES string of the molecule is C=C(C)CCC(Cc1cccc(C(F)(F)F)c1)NCCC. The lowest BCUT2D eigenvalue weighted by Gasteiger charge is -2.19. The molecular formula is C17H24F3N. The monoisotopic (exact) mass is 299 g/mol. The number of alkyl halides is 3. The van der Waals surface area contributed by atoms with Crippen LogP contribution in [-0.4, -0.2) is 12.6 Å². The van der Waals surface area contributed by atoms with Crippen molar-refractivity contribution in [2.75, 3.05) is 6.54 Å². The van der Waals surface area contributed by atoms with Gasteiger partial charge in [0, 0.05) is 6.04 Å². The summed E-state index contributed by atoms with van der Waals surface area (Å²) in [5.74, 6) is 0. The van der Waals surface area contributed by atoms with Crippen LogP contribution in [0.2, 0.25) is 0 Å². The normalized spacial score (nSPS) is 13.2. The summed E-state index contributed by atoms with van der Waals surface area (Å²) in [4.78, 5) is 0. The summed E-state index contributed by atoms with van der Waals surface area (Å²) in [6.45, 7) is 8.81. The summed E-state index contributed by atoms with van der Waals surface area (Å²) in [7, 11) is 0. The van der Waals surface area contributed by atoms with Gasteiger partial charge in [0.1, 0.15) is 0 Å². The van der Waals surface area contributed by atoms with E-state index in [4.69, 9.17) is 0 Å². The zero-order chi connectivity index (χ0) is 15.9. The van der Waals surface area contributed by atoms with Crippen LogP contribution in [0.15, 0.2) is 36.4 Å². The van der Waals surface area contributed by atoms with Gasteiger partial charge in [-0.3, -0.25) is 0 Å². The molecule has 1 rings (SSSR count). The largest absolute Gasteiger partial charge is 0.416 e. The molecule has 0 fully saturated rings. The predicted octanol–water partition coefficient (Wildman–Crippen LogP) is 4.97. The Morgan fingerprint density at radius 1 is 1.33 bits per heavy atom. The Balaban J connectivity index is 2.74. The molecule has 118 valence electrons. The van der Waals surface area contributed by atoms with Gasteiger partial charge in [-0.05, 0) is 50.8 Å². The number of hydrogen-bond donors (Lipinski definition) is 1. The number of benzene rings is 1. The van der Waals surface area contributed by atoms with Crippen LogP contribution in [0.5, 0.6) is 0 Å². The van der Waals surface area contributed by atoms with Gasteiger partial charge in [-0.25, -0.2) is 0 Å². The quantitative estimate of drug-likeness (QED) is 0.668. The highest BCUT2D eigenvalue weighted by atomic mass is 19.4. The first-order valence-electron chi connectivity index (χ1n) is 7.36. The summed E-state index contributed by atoms with van der Waals surface area (Å²) < 4.78 is 38.2. The predicted molar refractivity (Wildman–Crippen MR) is 81.3 cm³/mol. The van der Waals surface area contributed by atoms with Crippen molar-refractivity contribution in [3.8, 4) is 0 Å². The molecule has 0 bridgehead atoms. The summed E-state index contributed by atoms with van der Waals surface area (Å²) in [5, 5.41) is 3.41. The topological polar surface area (TPSA) is 12.0 Å². The van der Waals surface area contributed by atoms with Gasteiger partial charge in [0.05, 0.1) is 5.56 Å². The highest BCUT2D eigenvalue weighted by molar-refractivity contribution is 5.26. The molecule has 0 saturated carbocycles. The third-order valence-electron chi connectivity index (χ3n) is 3.34. The fourth-order valence-electron chi connectivity index (χ4n) is 2.20. The molecule has 0 aliphatic heterocycles. The number of hydrogen-bond acceptors (Lipinski definition) is 1. The fourth-order valence-corrected chi connectivity index (χ4v) is 2.20. The van der Waals surface area contributed by atoms with Crippen LogP contribution in [0.25, 0.3) is 0 Å². The average molecular weight is 299 g/mol. The van der Waals surface area contributed by atoms with E-state index in [2.05, 4.69) is 18.8 Å². The van der Waals surface area contributed by atoms with Gasteiger partial charge in [-0.1, -0.05) is 30.7 Å². The van der Waals surface area contributed by atoms with Crippen LogP contribution >= 0.6 is 0 Å². The molecule has 0 aliphatic rings. The van der Waals surface area contributed by atoms with Crippen molar-refractivity contribution in [3.05, 3.63) is 47.5 Å². The van der Waals surface area contributed by atoms with Crippen molar-refractivity contribution >= 4 is 0 Å². The van der Waals surface area contributed by atoms with Crippen molar-refractivity contribution in [3.63, 3.8) is 0 Å². The average Bonchev–Trinajstić information content (AvgIpc) is 2.41. The Morgan fingerprint density at radius 3 is 2.62 bits per heavy atom. The second-order valence-electron chi connectivity index (χ2n) is 5.55. The summed E-state index contributed by atoms with van der Waals surface area (Å²) in [6, 6.07) is 5.79. The number of nitrogens with one attached hydrogen (secondary N) is 1. The number of rotatable bonds is 8. The third kappa shape index (κ3) is 6.80. The molecular weight excluding hydrogens is 275 g/mol. The van der Waals surface area contributed by atoms with Crippen LogP contribution in [0.1, 0.15) is 44.2 Å². The van der Waals surface area contributed by atoms with E-state index in [0.717, 1.165) is 43.0 Å². The Kier molecular flexibility index (Phi) is 6.96. The molecule has 1 nitrogen and oxygen atoms in total. The van der Waals surface area contributed by atoms with Gasteiger partial charge in [-0.15, -0.1) is 6.58 Å². The summed E-state index contributed by atoms with van der Waals surface area (Å²) in [5.41, 5.74) is 1.25. The lowest BCUT2D eigenvalue weighted by atomic mass is 9.98. The van der Waals surface area contributed by atoms with Gasteiger partial charge in [0.15, 0.2) is 0 Å². The van der Waals surface area contributed by atoms with Crippen LogP contribution in [0.4, 0.5) is 13.2 Å². The lowest BCUT2D eigenvalue weighted by Crippen LogP contribution is -2.32. The first-order chi connectivity index (χ1) is 9.82. The Hall–Kier alpha value is -1.29. The fraction of sp³-hybridized carbons (Fsp3) is 0.529. The molecule has 1 unspecified atom stereocenters. The maximum absolute atomic E-state index is 12.7. The summed E-state index contributed by atoms with van der Waals surface area (Å²) in [6.07, 6.45) is -0.880. The maximum atomic E-state index is 12.7. The van der Waals surface area contributed by atoms with E-state index in [1.54, 1.807) is 6.07 Å². The molecule has 21 heavy (non-hydrogen) atoms. The molecule has 0 spiro atoms. The van der Waals surface area contributed by atoms with E-state index in [0.29, 0.717) is 6.42 Å². The minimum atomic E-state index is -4.28. The van der Waals surface area contributed by atoms with Gasteiger partial charge in [0.25, 0.3) is 0 Å². The lowest BCUT2D eigenvalue weighted by molar-refractivity contribution is -0.137. The molecule has 0 aliphatic carbocycles. The van der Waals surface area contributed by atoms with E-state index >= 15 is 0 Å². The molecule has 1 aromatic carbocycles. The minimum absolute atomic E-state index is 0.185. The standard InChI is InChI=1S/C17H24F3N/c1-4-10-21-16(9-8-13(2)3)12-14-6-5-7-15(11-14)17(18,19)20/h5-7,11,16,21H,2,4,8-10,12H2,1,3H3. The van der Waals surface area contributed by atoms with Gasteiger partial charge < -0.3 is 5.32 Å². The molecule has 1 atom stereocenters. The van der Waals surface area contributed by atoms with Crippen LogP contribution in [0.3, 0.4) is 0 Å². The second-order valence-corrected chi connectivity index (χ2v) is 5.55. The Morgan fingerprint density at radius 2 is 2.05 bits per heavy atom. The molecule has 0 radical (unpaired) electrons. The van der Waals surface area contributed by atoms with E-state index < -0.39 is 11.7 Å². The zero-order valence-electron chi connectivity index (χ0n) is 12.8. The smallest absolute Gasteiger partial charge is 0.314 e. The first-order valence-corrected chi connectivity index (χ1v) is 7.36. The van der Waals surface area contributed by atoms with Crippen molar-refractivity contribution in [2.45, 2.75) is 51.7 Å². The number of halogens is 3. The van der Waals surface area contributed by atoms with Gasteiger partial charge in [0.2, 0.25) is 0 Å². The van der Waals surface area contributed by atoms with E-state index in [1.807, 2.05) is 6.92 Å². The molecule has 0 aromatic heterocycles. The Labute approximate surface area is 125 Å². The van der Waals surface area contributed by atoms with Crippen LogP contribution < -0.4 is 5.32 Å². The maximum Gasteiger partial charge on any atom is 0.416 e. The Bertz CT molecular complexity index is 452. The van der Waals surface area contributed by atoms with Crippen molar-refractivity contribution in [2.24, 2.45) is 0 Å². The molecule has 1 aromatic rings.